The van der Waals surface area contributed by atoms with Crippen LogP contribution in [0.25, 0.3) is 5.69 Å². The standard InChI is InChI=1S/C9H9N3OS/c1-13-8-10-11-9(14)12(8)7-5-3-2-4-6-7/h2-6H,1H3,(H,11,14). The van der Waals surface area contributed by atoms with E-state index < -0.39 is 0 Å². The zero-order valence-electron chi connectivity index (χ0n) is 7.60. The Bertz CT molecular complexity index is 474. The molecule has 14 heavy (non-hydrogen) atoms. The second-order valence-corrected chi connectivity index (χ2v) is 3.07. The van der Waals surface area contributed by atoms with Gasteiger partial charge in [0.1, 0.15) is 0 Å². The summed E-state index contributed by atoms with van der Waals surface area (Å²) in [5, 5.41) is 6.61. The molecule has 0 aliphatic rings. The van der Waals surface area contributed by atoms with Gasteiger partial charge in [-0.05, 0) is 24.4 Å². The molecule has 4 nitrogen and oxygen atoms in total. The number of hydrogen-bond acceptors (Lipinski definition) is 3. The fourth-order valence-corrected chi connectivity index (χ4v) is 1.45. The Labute approximate surface area is 86.2 Å². The molecule has 1 heterocycles. The third kappa shape index (κ3) is 1.42. The number of rotatable bonds is 2. The van der Waals surface area contributed by atoms with Crippen molar-refractivity contribution in [3.8, 4) is 11.7 Å². The van der Waals surface area contributed by atoms with E-state index in [0.717, 1.165) is 5.69 Å². The number of nitrogens with one attached hydrogen (secondary N) is 1. The molecule has 2 rings (SSSR count). The summed E-state index contributed by atoms with van der Waals surface area (Å²) in [6, 6.07) is 10.1. The van der Waals surface area contributed by atoms with Gasteiger partial charge in [-0.1, -0.05) is 18.2 Å². The van der Waals surface area contributed by atoms with Crippen LogP contribution in [0.15, 0.2) is 30.3 Å². The minimum Gasteiger partial charge on any atom is -0.467 e. The van der Waals surface area contributed by atoms with Crippen LogP contribution in [-0.4, -0.2) is 21.9 Å². The zero-order chi connectivity index (χ0) is 9.97. The Hall–Kier alpha value is -1.62. The molecule has 0 fully saturated rings. The first-order valence-corrected chi connectivity index (χ1v) is 4.50. The number of nitrogens with zero attached hydrogens (tertiary/aromatic N) is 2. The minimum absolute atomic E-state index is 0.459. The van der Waals surface area contributed by atoms with Gasteiger partial charge in [-0.3, -0.25) is 0 Å². The fourth-order valence-electron chi connectivity index (χ4n) is 1.22. The lowest BCUT2D eigenvalue weighted by atomic mass is 10.3. The number of para-hydroxylation sites is 1. The van der Waals surface area contributed by atoms with E-state index in [2.05, 4.69) is 10.2 Å². The van der Waals surface area contributed by atoms with Gasteiger partial charge in [0.05, 0.1) is 12.8 Å². The average molecular weight is 207 g/mol. The Balaban J connectivity index is 2.61. The molecule has 72 valence electrons. The molecular weight excluding hydrogens is 198 g/mol. The lowest BCUT2D eigenvalue weighted by Crippen LogP contribution is -1.97. The number of aromatic nitrogens is 3. The number of hydrogen-bond donors (Lipinski definition) is 1. The first kappa shape index (κ1) is 8.96. The SMILES string of the molecule is COc1n[nH]c(=S)n1-c1ccccc1. The fraction of sp³-hybridized carbons (Fsp3) is 0.111. The largest absolute Gasteiger partial charge is 0.467 e. The summed E-state index contributed by atoms with van der Waals surface area (Å²) >= 11 is 5.09. The predicted octanol–water partition coefficient (Wildman–Crippen LogP) is 1.94. The van der Waals surface area contributed by atoms with Crippen molar-refractivity contribution in [2.45, 2.75) is 0 Å². The van der Waals surface area contributed by atoms with Crippen LogP contribution >= 0.6 is 12.2 Å². The molecule has 1 aromatic carbocycles. The van der Waals surface area contributed by atoms with Gasteiger partial charge in [0, 0.05) is 0 Å². The second-order valence-electron chi connectivity index (χ2n) is 2.69. The highest BCUT2D eigenvalue weighted by atomic mass is 32.1. The lowest BCUT2D eigenvalue weighted by Gasteiger charge is -2.03. The maximum Gasteiger partial charge on any atom is 0.320 e. The van der Waals surface area contributed by atoms with E-state index in [1.807, 2.05) is 30.3 Å². The molecule has 0 saturated carbocycles. The Morgan fingerprint density at radius 3 is 2.71 bits per heavy atom. The van der Waals surface area contributed by atoms with Crippen LogP contribution < -0.4 is 4.74 Å². The maximum atomic E-state index is 5.09. The topological polar surface area (TPSA) is 42.8 Å². The molecule has 0 atom stereocenters. The first-order chi connectivity index (χ1) is 6.83. The van der Waals surface area contributed by atoms with Crippen molar-refractivity contribution in [1.82, 2.24) is 14.8 Å². The van der Waals surface area contributed by atoms with Crippen molar-refractivity contribution in [2.24, 2.45) is 0 Å². The summed E-state index contributed by atoms with van der Waals surface area (Å²) in [5.74, 6) is 0. The number of H-pyrrole nitrogens is 1. The summed E-state index contributed by atoms with van der Waals surface area (Å²) in [6.07, 6.45) is 0. The van der Waals surface area contributed by atoms with Crippen LogP contribution in [-0.2, 0) is 0 Å². The zero-order valence-corrected chi connectivity index (χ0v) is 8.41. The van der Waals surface area contributed by atoms with Crippen molar-refractivity contribution in [1.29, 1.82) is 0 Å². The minimum atomic E-state index is 0.459. The molecule has 0 spiro atoms. The molecule has 0 bridgehead atoms. The molecule has 1 N–H and O–H groups in total. The van der Waals surface area contributed by atoms with Gasteiger partial charge in [0.15, 0.2) is 0 Å². The number of benzene rings is 1. The highest BCUT2D eigenvalue weighted by molar-refractivity contribution is 7.71. The van der Waals surface area contributed by atoms with Crippen LogP contribution in [0.2, 0.25) is 0 Å². The maximum absolute atomic E-state index is 5.09. The molecular formula is C9H9N3OS. The van der Waals surface area contributed by atoms with Gasteiger partial charge >= 0.3 is 6.01 Å². The Morgan fingerprint density at radius 1 is 1.36 bits per heavy atom. The van der Waals surface area contributed by atoms with Crippen LogP contribution in [0, 0.1) is 4.77 Å². The first-order valence-electron chi connectivity index (χ1n) is 4.10. The molecule has 0 aliphatic carbocycles. The van der Waals surface area contributed by atoms with Crippen molar-refractivity contribution >= 4 is 12.2 Å². The monoisotopic (exact) mass is 207 g/mol. The van der Waals surface area contributed by atoms with E-state index in [9.17, 15) is 0 Å². The van der Waals surface area contributed by atoms with Crippen molar-refractivity contribution < 1.29 is 4.74 Å². The van der Waals surface area contributed by atoms with Crippen molar-refractivity contribution in [3.63, 3.8) is 0 Å². The van der Waals surface area contributed by atoms with Crippen LogP contribution in [0.5, 0.6) is 6.01 Å². The van der Waals surface area contributed by atoms with Crippen LogP contribution in [0.3, 0.4) is 0 Å². The summed E-state index contributed by atoms with van der Waals surface area (Å²) < 4.78 is 7.33. The summed E-state index contributed by atoms with van der Waals surface area (Å²) in [5.41, 5.74) is 0.933. The highest BCUT2D eigenvalue weighted by Crippen LogP contribution is 2.14. The quantitative estimate of drug-likeness (QED) is 0.765. The van der Waals surface area contributed by atoms with Gasteiger partial charge in [-0.15, -0.1) is 5.10 Å². The molecule has 0 amide bonds. The molecule has 5 heteroatoms. The Kier molecular flexibility index (Phi) is 2.32. The molecule has 0 radical (unpaired) electrons. The van der Waals surface area contributed by atoms with E-state index in [4.69, 9.17) is 17.0 Å². The molecule has 0 saturated heterocycles. The third-order valence-corrected chi connectivity index (χ3v) is 2.11. The molecule has 2 aromatic rings. The normalized spacial score (nSPS) is 10.1. The third-order valence-electron chi connectivity index (χ3n) is 1.84. The van der Waals surface area contributed by atoms with Gasteiger partial charge in [-0.25, -0.2) is 9.67 Å². The Morgan fingerprint density at radius 2 is 2.07 bits per heavy atom. The molecule has 0 aliphatic heterocycles. The van der Waals surface area contributed by atoms with E-state index in [0.29, 0.717) is 10.8 Å². The number of ether oxygens (including phenoxy) is 1. The summed E-state index contributed by atoms with van der Waals surface area (Å²) in [7, 11) is 1.56. The second kappa shape index (κ2) is 3.63. The summed E-state index contributed by atoms with van der Waals surface area (Å²) in [6.45, 7) is 0. The van der Waals surface area contributed by atoms with Gasteiger partial charge in [0.25, 0.3) is 0 Å². The van der Waals surface area contributed by atoms with Crippen LogP contribution in [0.1, 0.15) is 0 Å². The van der Waals surface area contributed by atoms with E-state index in [-0.39, 0.29) is 0 Å². The lowest BCUT2D eigenvalue weighted by molar-refractivity contribution is 0.371. The van der Waals surface area contributed by atoms with E-state index in [1.165, 1.54) is 0 Å². The summed E-state index contributed by atoms with van der Waals surface area (Å²) in [4.78, 5) is 0. The van der Waals surface area contributed by atoms with E-state index >= 15 is 0 Å². The van der Waals surface area contributed by atoms with Gasteiger partial charge in [-0.2, -0.15) is 0 Å². The van der Waals surface area contributed by atoms with E-state index in [1.54, 1.807) is 11.7 Å². The van der Waals surface area contributed by atoms with Gasteiger partial charge in [0.2, 0.25) is 4.77 Å². The molecule has 1 aromatic heterocycles. The van der Waals surface area contributed by atoms with Gasteiger partial charge < -0.3 is 4.74 Å². The molecule has 0 unspecified atom stereocenters. The number of aromatic amines is 1. The van der Waals surface area contributed by atoms with Crippen molar-refractivity contribution in [3.05, 3.63) is 35.1 Å². The van der Waals surface area contributed by atoms with Crippen molar-refractivity contribution in [2.75, 3.05) is 7.11 Å². The number of methoxy groups -OCH3 is 1. The average Bonchev–Trinajstić information content (AvgIpc) is 2.61. The predicted molar refractivity (Wildman–Crippen MR) is 55.3 cm³/mol. The highest BCUT2D eigenvalue weighted by Gasteiger charge is 2.06. The smallest absolute Gasteiger partial charge is 0.320 e. The van der Waals surface area contributed by atoms with Crippen LogP contribution in [0.4, 0.5) is 0 Å².